The summed E-state index contributed by atoms with van der Waals surface area (Å²) in [4.78, 5) is -0.578. The summed E-state index contributed by atoms with van der Waals surface area (Å²) in [7, 11) is -9.67. The van der Waals surface area contributed by atoms with Gasteiger partial charge >= 0.3 is 0 Å². The Hall–Kier alpha value is -2.64. The average molecular weight is 531 g/mol. The standard InChI is InChI=1S/C26H20Cl2O4S2/c1-17-3-13-25(23(15-17)19-5-9-21(27)10-6-19)33(29,30)34(31,32)26-14-4-18(2)16-24(26)20-7-11-22(28)12-8-20/h3-16H,1-2H3. The highest BCUT2D eigenvalue weighted by Gasteiger charge is 2.37. The summed E-state index contributed by atoms with van der Waals surface area (Å²) in [5.41, 5.74) is 3.25. The van der Waals surface area contributed by atoms with Gasteiger partial charge in [-0.3, -0.25) is 0 Å². The van der Waals surface area contributed by atoms with Crippen LogP contribution < -0.4 is 0 Å². The molecule has 0 N–H and O–H groups in total. The second-order valence-electron chi connectivity index (χ2n) is 7.92. The molecule has 0 atom stereocenters. The molecule has 0 saturated heterocycles. The van der Waals surface area contributed by atoms with Crippen molar-refractivity contribution in [3.8, 4) is 22.3 Å². The molecule has 0 aliphatic heterocycles. The van der Waals surface area contributed by atoms with Gasteiger partial charge in [0.25, 0.3) is 17.7 Å². The molecule has 0 aliphatic rings. The van der Waals surface area contributed by atoms with Crippen LogP contribution in [0.3, 0.4) is 0 Å². The normalized spacial score (nSPS) is 12.0. The zero-order chi connectivity index (χ0) is 24.7. The molecule has 0 radical (unpaired) electrons. The van der Waals surface area contributed by atoms with Gasteiger partial charge in [-0.2, -0.15) is 0 Å². The third kappa shape index (κ3) is 4.51. The van der Waals surface area contributed by atoms with Crippen LogP contribution in [0.5, 0.6) is 0 Å². The lowest BCUT2D eigenvalue weighted by atomic mass is 10.0. The highest BCUT2D eigenvalue weighted by Crippen LogP contribution is 2.38. The van der Waals surface area contributed by atoms with Gasteiger partial charge in [0.15, 0.2) is 0 Å². The zero-order valence-electron chi connectivity index (χ0n) is 18.3. The first kappa shape index (κ1) is 24.5. The van der Waals surface area contributed by atoms with Crippen LogP contribution in [-0.2, 0) is 17.7 Å². The largest absolute Gasteiger partial charge is 0.287 e. The summed E-state index contributed by atoms with van der Waals surface area (Å²) in [6.45, 7) is 3.62. The monoisotopic (exact) mass is 530 g/mol. The Bertz CT molecular complexity index is 1470. The molecular formula is C26H20Cl2O4S2. The van der Waals surface area contributed by atoms with Crippen molar-refractivity contribution in [2.45, 2.75) is 23.6 Å². The summed E-state index contributed by atoms with van der Waals surface area (Å²) in [5, 5.41) is 0.974. The van der Waals surface area contributed by atoms with Crippen molar-refractivity contribution < 1.29 is 16.8 Å². The van der Waals surface area contributed by atoms with Crippen molar-refractivity contribution in [3.63, 3.8) is 0 Å². The Kier molecular flexibility index (Phi) is 6.62. The second kappa shape index (κ2) is 9.19. The Morgan fingerprint density at radius 3 is 1.15 bits per heavy atom. The van der Waals surface area contributed by atoms with Crippen LogP contribution in [0, 0.1) is 13.8 Å². The minimum atomic E-state index is -4.84. The number of aryl methyl sites for hydroxylation is 2. The van der Waals surface area contributed by atoms with Gasteiger partial charge in [-0.1, -0.05) is 82.9 Å². The van der Waals surface area contributed by atoms with E-state index in [9.17, 15) is 16.8 Å². The Labute approximate surface area is 209 Å². The van der Waals surface area contributed by atoms with Crippen molar-refractivity contribution in [1.29, 1.82) is 0 Å². The fourth-order valence-electron chi connectivity index (χ4n) is 3.67. The topological polar surface area (TPSA) is 68.3 Å². The lowest BCUT2D eigenvalue weighted by Crippen LogP contribution is -2.18. The molecule has 4 aromatic rings. The smallest absolute Gasteiger partial charge is 0.207 e. The molecule has 4 nitrogen and oxygen atoms in total. The predicted molar refractivity (Wildman–Crippen MR) is 138 cm³/mol. The van der Waals surface area contributed by atoms with Gasteiger partial charge in [0.2, 0.25) is 0 Å². The van der Waals surface area contributed by atoms with Gasteiger partial charge in [-0.25, -0.2) is 16.8 Å². The fraction of sp³-hybridized carbons (Fsp3) is 0.0769. The third-order valence-electron chi connectivity index (χ3n) is 5.41. The molecule has 34 heavy (non-hydrogen) atoms. The van der Waals surface area contributed by atoms with E-state index in [0.29, 0.717) is 32.3 Å². The van der Waals surface area contributed by atoms with E-state index in [1.807, 2.05) is 13.8 Å². The van der Waals surface area contributed by atoms with Crippen molar-refractivity contribution in [1.82, 2.24) is 0 Å². The van der Waals surface area contributed by atoms with E-state index in [0.717, 1.165) is 11.1 Å². The number of hydrogen-bond donors (Lipinski definition) is 0. The molecule has 0 saturated carbocycles. The van der Waals surface area contributed by atoms with Crippen LogP contribution in [0.4, 0.5) is 0 Å². The van der Waals surface area contributed by atoms with Crippen LogP contribution in [0.1, 0.15) is 11.1 Å². The molecule has 0 aromatic heterocycles. The number of halogens is 2. The minimum Gasteiger partial charge on any atom is -0.207 e. The van der Waals surface area contributed by atoms with Crippen molar-refractivity contribution in [2.24, 2.45) is 0 Å². The fourth-order valence-corrected chi connectivity index (χ4v) is 8.05. The first-order chi connectivity index (χ1) is 16.0. The highest BCUT2D eigenvalue weighted by atomic mass is 35.5. The van der Waals surface area contributed by atoms with Crippen molar-refractivity contribution in [2.75, 3.05) is 0 Å². The lowest BCUT2D eigenvalue weighted by molar-refractivity contribution is 0.583. The summed E-state index contributed by atoms with van der Waals surface area (Å²) in [5.74, 6) is 0. The van der Waals surface area contributed by atoms with E-state index in [2.05, 4.69) is 0 Å². The molecule has 0 unspecified atom stereocenters. The van der Waals surface area contributed by atoms with Crippen LogP contribution >= 0.6 is 23.2 Å². The molecule has 4 rings (SSSR count). The lowest BCUT2D eigenvalue weighted by Gasteiger charge is -2.15. The van der Waals surface area contributed by atoms with Gasteiger partial charge in [0.05, 0.1) is 9.79 Å². The van der Waals surface area contributed by atoms with E-state index in [4.69, 9.17) is 23.2 Å². The quantitative estimate of drug-likeness (QED) is 0.258. The molecule has 0 amide bonds. The molecule has 0 heterocycles. The maximum absolute atomic E-state index is 13.7. The van der Waals surface area contributed by atoms with Crippen molar-refractivity contribution >= 4 is 40.9 Å². The Morgan fingerprint density at radius 2 is 0.824 bits per heavy atom. The van der Waals surface area contributed by atoms with Gasteiger partial charge in [-0.05, 0) is 61.4 Å². The highest BCUT2D eigenvalue weighted by molar-refractivity contribution is 8.67. The average Bonchev–Trinajstić information content (AvgIpc) is 2.79. The van der Waals surface area contributed by atoms with Crippen LogP contribution in [0.15, 0.2) is 94.7 Å². The van der Waals surface area contributed by atoms with Gasteiger partial charge in [-0.15, -0.1) is 0 Å². The molecule has 4 aromatic carbocycles. The second-order valence-corrected chi connectivity index (χ2v) is 14.1. The molecule has 0 aliphatic carbocycles. The van der Waals surface area contributed by atoms with Gasteiger partial charge in [0, 0.05) is 21.2 Å². The summed E-state index contributed by atoms with van der Waals surface area (Å²) >= 11 is 12.0. The molecule has 8 heteroatoms. The third-order valence-corrected chi connectivity index (χ3v) is 11.1. The van der Waals surface area contributed by atoms with Crippen LogP contribution in [0.25, 0.3) is 22.3 Å². The number of hydrogen-bond acceptors (Lipinski definition) is 4. The molecule has 174 valence electrons. The van der Waals surface area contributed by atoms with Crippen molar-refractivity contribution in [3.05, 3.63) is 106 Å². The first-order valence-corrected chi connectivity index (χ1v) is 14.5. The van der Waals surface area contributed by atoms with E-state index in [1.54, 1.807) is 72.8 Å². The molecule has 0 spiro atoms. The van der Waals surface area contributed by atoms with Crippen LogP contribution in [-0.4, -0.2) is 16.8 Å². The molecule has 0 bridgehead atoms. The first-order valence-electron chi connectivity index (χ1n) is 10.2. The summed E-state index contributed by atoms with van der Waals surface area (Å²) in [6.07, 6.45) is 0. The maximum atomic E-state index is 13.7. The predicted octanol–water partition coefficient (Wildman–Crippen LogP) is 7.11. The van der Waals surface area contributed by atoms with Gasteiger partial charge < -0.3 is 0 Å². The minimum absolute atomic E-state index is 0.289. The molecule has 0 fully saturated rings. The molecular weight excluding hydrogens is 511 g/mol. The zero-order valence-corrected chi connectivity index (χ0v) is 21.4. The summed E-state index contributed by atoms with van der Waals surface area (Å²) in [6, 6.07) is 22.3. The maximum Gasteiger partial charge on any atom is 0.287 e. The Morgan fingerprint density at radius 1 is 0.500 bits per heavy atom. The van der Waals surface area contributed by atoms with Gasteiger partial charge in [0.1, 0.15) is 0 Å². The van der Waals surface area contributed by atoms with E-state index < -0.39 is 17.7 Å². The SMILES string of the molecule is Cc1ccc(S(=O)(=O)S(=O)(=O)c2ccc(C)cc2-c2ccc(Cl)cc2)c(-c2ccc(Cl)cc2)c1. The number of benzene rings is 4. The number of rotatable bonds is 5. The van der Waals surface area contributed by atoms with E-state index in [1.165, 1.54) is 12.1 Å². The van der Waals surface area contributed by atoms with Crippen LogP contribution in [0.2, 0.25) is 10.0 Å². The van der Waals surface area contributed by atoms with E-state index >= 15 is 0 Å². The van der Waals surface area contributed by atoms with E-state index in [-0.39, 0.29) is 9.79 Å². The summed E-state index contributed by atoms with van der Waals surface area (Å²) < 4.78 is 54.9. The Balaban J connectivity index is 1.95.